The van der Waals surface area contributed by atoms with Gasteiger partial charge >= 0.3 is 5.69 Å². The molecule has 160 valence electrons. The van der Waals surface area contributed by atoms with Crippen LogP contribution in [-0.2, 0) is 0 Å². The average Bonchev–Trinajstić information content (AvgIpc) is 3.18. The van der Waals surface area contributed by atoms with Crippen LogP contribution in [0.1, 0.15) is 23.7 Å². The molecule has 2 aromatic rings. The van der Waals surface area contributed by atoms with Gasteiger partial charge in [-0.3, -0.25) is 14.9 Å². The largest absolute Gasteiger partial charge is 0.493 e. The maximum atomic E-state index is 12.9. The predicted octanol–water partition coefficient (Wildman–Crippen LogP) is 3.72. The summed E-state index contributed by atoms with van der Waals surface area (Å²) < 4.78 is 15.6. The fourth-order valence-corrected chi connectivity index (χ4v) is 3.62. The lowest BCUT2D eigenvalue weighted by molar-refractivity contribution is -0.386. The molecule has 1 fully saturated rings. The second kappa shape index (κ2) is 8.89. The Bertz CT molecular complexity index is 945. The second-order valence-corrected chi connectivity index (χ2v) is 7.14. The fourth-order valence-electron chi connectivity index (χ4n) is 3.62. The van der Waals surface area contributed by atoms with Gasteiger partial charge in [-0.25, -0.2) is 0 Å². The highest BCUT2D eigenvalue weighted by atomic mass is 16.6. The molecule has 1 atom stereocenters. The van der Waals surface area contributed by atoms with Gasteiger partial charge in [-0.2, -0.15) is 0 Å². The zero-order chi connectivity index (χ0) is 21.8. The van der Waals surface area contributed by atoms with Gasteiger partial charge in [-0.1, -0.05) is 6.92 Å². The van der Waals surface area contributed by atoms with Gasteiger partial charge in [-0.05, 0) is 36.6 Å². The number of benzene rings is 2. The number of methoxy groups -OCH3 is 3. The van der Waals surface area contributed by atoms with E-state index < -0.39 is 16.5 Å². The molecule has 1 N–H and O–H groups in total. The van der Waals surface area contributed by atoms with E-state index in [0.29, 0.717) is 11.6 Å². The summed E-state index contributed by atoms with van der Waals surface area (Å²) in [6.07, 6.45) is 1.16. The number of nitro groups is 1. The summed E-state index contributed by atoms with van der Waals surface area (Å²) in [5, 5.41) is 14.4. The van der Waals surface area contributed by atoms with E-state index in [2.05, 4.69) is 17.1 Å². The molecule has 2 aromatic carbocycles. The van der Waals surface area contributed by atoms with E-state index >= 15 is 0 Å². The molecule has 1 aliphatic rings. The number of hydrogen-bond acceptors (Lipinski definition) is 7. The second-order valence-electron chi connectivity index (χ2n) is 7.14. The molecule has 1 heterocycles. The smallest absolute Gasteiger partial charge is 0.327 e. The molecule has 9 nitrogen and oxygen atoms in total. The third-order valence-corrected chi connectivity index (χ3v) is 5.15. The molecule has 1 saturated heterocycles. The van der Waals surface area contributed by atoms with Crippen LogP contribution in [0, 0.1) is 16.0 Å². The summed E-state index contributed by atoms with van der Waals surface area (Å²) in [6.45, 7) is 4.23. The van der Waals surface area contributed by atoms with Crippen molar-refractivity contribution in [3.63, 3.8) is 0 Å². The van der Waals surface area contributed by atoms with Gasteiger partial charge in [0.2, 0.25) is 11.5 Å². The van der Waals surface area contributed by atoms with E-state index in [1.165, 1.54) is 27.4 Å². The van der Waals surface area contributed by atoms with Crippen LogP contribution in [0.5, 0.6) is 17.2 Å². The normalized spacial score (nSPS) is 15.6. The predicted molar refractivity (Wildman–Crippen MR) is 113 cm³/mol. The van der Waals surface area contributed by atoms with Crippen LogP contribution >= 0.6 is 0 Å². The van der Waals surface area contributed by atoms with Crippen LogP contribution in [0.2, 0.25) is 0 Å². The SMILES string of the molecule is COc1cc(C(=O)Nc2ccc(N3CCC(C)C3)cc2)c([N+](=O)[O-])c(OC)c1OC. The van der Waals surface area contributed by atoms with Gasteiger partial charge in [0.25, 0.3) is 5.91 Å². The van der Waals surface area contributed by atoms with Crippen molar-refractivity contribution in [1.82, 2.24) is 0 Å². The topological polar surface area (TPSA) is 103 Å². The molecular weight excluding hydrogens is 390 g/mol. The average molecular weight is 415 g/mol. The number of carbonyl (C=O) groups is 1. The molecular formula is C21H25N3O6. The Morgan fingerprint density at radius 1 is 1.13 bits per heavy atom. The van der Waals surface area contributed by atoms with Crippen molar-refractivity contribution in [3.8, 4) is 17.2 Å². The molecule has 3 rings (SSSR count). The number of ether oxygens (including phenoxy) is 3. The number of anilines is 2. The summed E-state index contributed by atoms with van der Waals surface area (Å²) in [5.41, 5.74) is 0.928. The van der Waals surface area contributed by atoms with Crippen LogP contribution < -0.4 is 24.4 Å². The van der Waals surface area contributed by atoms with Crippen LogP contribution in [0.25, 0.3) is 0 Å². The highest BCUT2D eigenvalue weighted by Crippen LogP contribution is 2.46. The third-order valence-electron chi connectivity index (χ3n) is 5.15. The molecule has 0 radical (unpaired) electrons. The Morgan fingerprint density at radius 2 is 1.80 bits per heavy atom. The van der Waals surface area contributed by atoms with E-state index in [4.69, 9.17) is 14.2 Å². The third kappa shape index (κ3) is 4.10. The van der Waals surface area contributed by atoms with Crippen molar-refractivity contribution in [1.29, 1.82) is 0 Å². The summed E-state index contributed by atoms with van der Waals surface area (Å²) in [4.78, 5) is 26.2. The number of amides is 1. The Balaban J connectivity index is 1.90. The van der Waals surface area contributed by atoms with Gasteiger partial charge in [0.15, 0.2) is 5.75 Å². The number of carbonyl (C=O) groups excluding carboxylic acids is 1. The lowest BCUT2D eigenvalue weighted by atomic mass is 10.1. The number of nitrogens with zero attached hydrogens (tertiary/aromatic N) is 2. The van der Waals surface area contributed by atoms with Crippen molar-refractivity contribution < 1.29 is 23.9 Å². The van der Waals surface area contributed by atoms with Crippen molar-refractivity contribution in [2.45, 2.75) is 13.3 Å². The number of rotatable bonds is 7. The van der Waals surface area contributed by atoms with Gasteiger partial charge in [0.05, 0.1) is 26.3 Å². The number of nitro benzene ring substituents is 1. The van der Waals surface area contributed by atoms with E-state index in [-0.39, 0.29) is 22.8 Å². The summed E-state index contributed by atoms with van der Waals surface area (Å²) in [5.74, 6) is 0.0370. The minimum atomic E-state index is -0.673. The Labute approximate surface area is 174 Å². The van der Waals surface area contributed by atoms with E-state index in [1.54, 1.807) is 12.1 Å². The van der Waals surface area contributed by atoms with Gasteiger partial charge in [0, 0.05) is 30.5 Å². The maximum absolute atomic E-state index is 12.9. The first-order valence-electron chi connectivity index (χ1n) is 9.53. The Kier molecular flexibility index (Phi) is 6.29. The fraction of sp³-hybridized carbons (Fsp3) is 0.381. The lowest BCUT2D eigenvalue weighted by Gasteiger charge is -2.18. The first kappa shape index (κ1) is 21.2. The van der Waals surface area contributed by atoms with Gasteiger partial charge < -0.3 is 24.4 Å². The molecule has 1 unspecified atom stereocenters. The van der Waals surface area contributed by atoms with Gasteiger partial charge in [-0.15, -0.1) is 0 Å². The van der Waals surface area contributed by atoms with Crippen molar-refractivity contribution in [2.75, 3.05) is 44.6 Å². The molecule has 1 amide bonds. The van der Waals surface area contributed by atoms with E-state index in [0.717, 1.165) is 25.2 Å². The number of hydrogen-bond donors (Lipinski definition) is 1. The van der Waals surface area contributed by atoms with Crippen LogP contribution in [-0.4, -0.2) is 45.2 Å². The Morgan fingerprint density at radius 3 is 2.30 bits per heavy atom. The summed E-state index contributed by atoms with van der Waals surface area (Å²) in [6, 6.07) is 8.68. The van der Waals surface area contributed by atoms with Crippen molar-refractivity contribution >= 4 is 23.0 Å². The Hall–Kier alpha value is -3.49. The highest BCUT2D eigenvalue weighted by Gasteiger charge is 2.32. The number of nitrogens with one attached hydrogen (secondary N) is 1. The molecule has 1 aliphatic heterocycles. The zero-order valence-corrected chi connectivity index (χ0v) is 17.4. The van der Waals surface area contributed by atoms with Crippen molar-refractivity contribution in [2.24, 2.45) is 5.92 Å². The monoisotopic (exact) mass is 415 g/mol. The quantitative estimate of drug-likeness (QED) is 0.543. The summed E-state index contributed by atoms with van der Waals surface area (Å²) in [7, 11) is 3.99. The van der Waals surface area contributed by atoms with Crippen molar-refractivity contribution in [3.05, 3.63) is 46.0 Å². The first-order chi connectivity index (χ1) is 14.4. The zero-order valence-electron chi connectivity index (χ0n) is 17.4. The maximum Gasteiger partial charge on any atom is 0.327 e. The molecule has 30 heavy (non-hydrogen) atoms. The molecule has 0 aromatic heterocycles. The minimum Gasteiger partial charge on any atom is -0.493 e. The molecule has 0 bridgehead atoms. The molecule has 0 aliphatic carbocycles. The van der Waals surface area contributed by atoms with Crippen LogP contribution in [0.4, 0.5) is 17.1 Å². The molecule has 0 saturated carbocycles. The van der Waals surface area contributed by atoms with E-state index in [1.807, 2.05) is 12.1 Å². The van der Waals surface area contributed by atoms with Crippen LogP contribution in [0.15, 0.2) is 30.3 Å². The minimum absolute atomic E-state index is 0.0486. The lowest BCUT2D eigenvalue weighted by Crippen LogP contribution is -2.19. The highest BCUT2D eigenvalue weighted by molar-refractivity contribution is 6.08. The molecule has 9 heteroatoms. The molecule has 0 spiro atoms. The van der Waals surface area contributed by atoms with Crippen LogP contribution in [0.3, 0.4) is 0 Å². The standard InChI is InChI=1S/C21H25N3O6/c1-13-9-10-23(12-13)15-7-5-14(6-8-15)22-21(25)16-11-17(28-2)19(29-3)20(30-4)18(16)24(26)27/h5-8,11,13H,9-10,12H2,1-4H3,(H,22,25). The first-order valence-corrected chi connectivity index (χ1v) is 9.53. The van der Waals surface area contributed by atoms with Gasteiger partial charge in [0.1, 0.15) is 5.56 Å². The summed E-state index contributed by atoms with van der Waals surface area (Å²) >= 11 is 0. The van der Waals surface area contributed by atoms with E-state index in [9.17, 15) is 14.9 Å².